The number of benzene rings is 2. The fourth-order valence-corrected chi connectivity index (χ4v) is 3.25. The molecule has 0 radical (unpaired) electrons. The zero-order valence-corrected chi connectivity index (χ0v) is 17.4. The van der Waals surface area contributed by atoms with E-state index in [0.717, 1.165) is 12.8 Å². The normalized spacial score (nSPS) is 13.8. The second-order valence-corrected chi connectivity index (χ2v) is 7.13. The average molecular weight is 423 g/mol. The first kappa shape index (κ1) is 22.2. The molecule has 3 rings (SSSR count). The van der Waals surface area contributed by atoms with Gasteiger partial charge in [0.1, 0.15) is 5.70 Å². The van der Waals surface area contributed by atoms with Gasteiger partial charge in [0.05, 0.1) is 10.5 Å². The van der Waals surface area contributed by atoms with E-state index in [2.05, 4.69) is 12.2 Å². The van der Waals surface area contributed by atoms with E-state index in [1.807, 2.05) is 18.2 Å². The van der Waals surface area contributed by atoms with Gasteiger partial charge in [-0.2, -0.15) is 0 Å². The third-order valence-corrected chi connectivity index (χ3v) is 4.89. The van der Waals surface area contributed by atoms with E-state index in [9.17, 15) is 19.7 Å². The highest BCUT2D eigenvalue weighted by atomic mass is 16.6. The smallest absolute Gasteiger partial charge is 0.278 e. The Hall–Kier alpha value is -3.52. The molecule has 2 amide bonds. The fraction of sp³-hybridized carbons (Fsp3) is 0.304. The second-order valence-electron chi connectivity index (χ2n) is 7.13. The Labute approximate surface area is 180 Å². The van der Waals surface area contributed by atoms with Crippen molar-refractivity contribution in [2.75, 3.05) is 25.1 Å². The van der Waals surface area contributed by atoms with E-state index in [1.54, 1.807) is 12.1 Å². The van der Waals surface area contributed by atoms with Gasteiger partial charge in [0.25, 0.3) is 17.5 Å². The van der Waals surface area contributed by atoms with Gasteiger partial charge in [0.2, 0.25) is 0 Å². The highest BCUT2D eigenvalue weighted by Crippen LogP contribution is 2.31. The molecule has 0 atom stereocenters. The molecule has 0 spiro atoms. The van der Waals surface area contributed by atoms with Crippen molar-refractivity contribution in [3.05, 3.63) is 76.0 Å². The number of rotatable bonds is 11. The lowest BCUT2D eigenvalue weighted by Gasteiger charge is -2.15. The molecule has 1 heterocycles. The van der Waals surface area contributed by atoms with Crippen molar-refractivity contribution in [2.45, 2.75) is 26.2 Å². The van der Waals surface area contributed by atoms with Crippen molar-refractivity contribution in [1.29, 1.82) is 0 Å². The molecule has 0 aromatic heterocycles. The number of hydrogen-bond acceptors (Lipinski definition) is 6. The number of nitro benzene ring substituents is 1. The number of nitro groups is 1. The first-order valence-electron chi connectivity index (χ1n) is 10.3. The molecule has 2 aromatic rings. The molecule has 1 aliphatic rings. The molecule has 0 aliphatic carbocycles. The van der Waals surface area contributed by atoms with Crippen molar-refractivity contribution < 1.29 is 19.2 Å². The van der Waals surface area contributed by atoms with Crippen LogP contribution in [0.3, 0.4) is 0 Å². The van der Waals surface area contributed by atoms with E-state index in [-0.39, 0.29) is 23.5 Å². The van der Waals surface area contributed by atoms with E-state index >= 15 is 0 Å². The first-order valence-corrected chi connectivity index (χ1v) is 10.3. The summed E-state index contributed by atoms with van der Waals surface area (Å²) in [5, 5.41) is 14.0. The topological polar surface area (TPSA) is 102 Å². The molecule has 2 aromatic carbocycles. The number of non-ortho nitro benzene ring substituents is 1. The Bertz CT molecular complexity index is 970. The molecule has 1 N–H and O–H groups in total. The summed E-state index contributed by atoms with van der Waals surface area (Å²) in [4.78, 5) is 37.9. The van der Waals surface area contributed by atoms with Crippen LogP contribution in [0.1, 0.15) is 31.7 Å². The van der Waals surface area contributed by atoms with Crippen LogP contribution in [-0.2, 0) is 14.3 Å². The number of carbonyl (C=O) groups excluding carboxylic acids is 2. The zero-order valence-electron chi connectivity index (χ0n) is 17.4. The Morgan fingerprint density at radius 3 is 2.29 bits per heavy atom. The molecule has 0 fully saturated rings. The summed E-state index contributed by atoms with van der Waals surface area (Å²) in [5.74, 6) is -0.846. The number of nitrogens with zero attached hydrogens (tertiary/aromatic N) is 2. The number of hydrogen-bond donors (Lipinski definition) is 1. The largest absolute Gasteiger partial charge is 0.381 e. The summed E-state index contributed by atoms with van der Waals surface area (Å²) < 4.78 is 5.53. The van der Waals surface area contributed by atoms with E-state index in [0.29, 0.717) is 30.9 Å². The number of unbranched alkanes of at least 4 members (excludes halogenated alkanes) is 1. The van der Waals surface area contributed by atoms with Crippen molar-refractivity contribution >= 4 is 28.8 Å². The summed E-state index contributed by atoms with van der Waals surface area (Å²) in [6.45, 7) is 3.44. The van der Waals surface area contributed by atoms with Crippen LogP contribution in [0.5, 0.6) is 0 Å². The fourth-order valence-electron chi connectivity index (χ4n) is 3.25. The van der Waals surface area contributed by atoms with Crippen LogP contribution >= 0.6 is 0 Å². The first-order chi connectivity index (χ1) is 15.0. The summed E-state index contributed by atoms with van der Waals surface area (Å²) in [6.07, 6.45) is 2.55. The van der Waals surface area contributed by atoms with Gasteiger partial charge in [-0.05, 0) is 42.7 Å². The highest BCUT2D eigenvalue weighted by molar-refractivity contribution is 6.36. The van der Waals surface area contributed by atoms with Crippen molar-refractivity contribution in [2.24, 2.45) is 0 Å². The maximum absolute atomic E-state index is 13.1. The lowest BCUT2D eigenvalue weighted by molar-refractivity contribution is -0.384. The van der Waals surface area contributed by atoms with Gasteiger partial charge < -0.3 is 10.1 Å². The summed E-state index contributed by atoms with van der Waals surface area (Å²) >= 11 is 0. The minimum atomic E-state index is -0.506. The molecular weight excluding hydrogens is 398 g/mol. The predicted molar refractivity (Wildman–Crippen MR) is 117 cm³/mol. The summed E-state index contributed by atoms with van der Waals surface area (Å²) in [6, 6.07) is 14.7. The van der Waals surface area contributed by atoms with Crippen molar-refractivity contribution in [1.82, 2.24) is 4.90 Å². The van der Waals surface area contributed by atoms with E-state index < -0.39 is 16.7 Å². The van der Waals surface area contributed by atoms with E-state index in [4.69, 9.17) is 4.74 Å². The standard InChI is InChI=1S/C23H25N3O5/c1-2-3-15-31-16-7-14-25-22(27)20(17-10-12-19(13-11-17)26(29)30)21(23(25)28)24-18-8-5-4-6-9-18/h4-6,8-13,24H,2-3,7,14-16H2,1H3. The SMILES string of the molecule is CCCCOCCCN1C(=O)C(Nc2ccccc2)=C(c2ccc([N+](=O)[O-])cc2)C1=O. The number of imide groups is 1. The Kier molecular flexibility index (Phi) is 7.50. The number of nitrogens with one attached hydrogen (secondary N) is 1. The van der Waals surface area contributed by atoms with Gasteiger partial charge >= 0.3 is 0 Å². The summed E-state index contributed by atoms with van der Waals surface area (Å²) in [5.41, 5.74) is 1.40. The molecule has 8 heteroatoms. The quantitative estimate of drug-likeness (QED) is 0.254. The van der Waals surface area contributed by atoms with Gasteiger partial charge in [-0.25, -0.2) is 0 Å². The van der Waals surface area contributed by atoms with Crippen LogP contribution in [0.4, 0.5) is 11.4 Å². The van der Waals surface area contributed by atoms with Gasteiger partial charge in [-0.1, -0.05) is 31.5 Å². The third-order valence-electron chi connectivity index (χ3n) is 4.89. The minimum Gasteiger partial charge on any atom is -0.381 e. The maximum atomic E-state index is 13.1. The highest BCUT2D eigenvalue weighted by Gasteiger charge is 2.39. The van der Waals surface area contributed by atoms with E-state index in [1.165, 1.54) is 29.2 Å². The van der Waals surface area contributed by atoms with Crippen LogP contribution in [-0.4, -0.2) is 41.4 Å². The van der Waals surface area contributed by atoms with Crippen LogP contribution in [0.2, 0.25) is 0 Å². The average Bonchev–Trinajstić information content (AvgIpc) is 3.01. The number of anilines is 1. The number of amides is 2. The number of para-hydroxylation sites is 1. The molecule has 1 aliphatic heterocycles. The monoisotopic (exact) mass is 423 g/mol. The van der Waals surface area contributed by atoms with Crippen LogP contribution in [0.15, 0.2) is 60.3 Å². The lowest BCUT2D eigenvalue weighted by Crippen LogP contribution is -2.34. The Morgan fingerprint density at radius 1 is 0.968 bits per heavy atom. The molecule has 31 heavy (non-hydrogen) atoms. The van der Waals surface area contributed by atoms with Gasteiger partial charge in [-0.3, -0.25) is 24.6 Å². The van der Waals surface area contributed by atoms with Crippen LogP contribution in [0, 0.1) is 10.1 Å². The maximum Gasteiger partial charge on any atom is 0.278 e. The summed E-state index contributed by atoms with van der Waals surface area (Å²) in [7, 11) is 0. The zero-order chi connectivity index (χ0) is 22.2. The minimum absolute atomic E-state index is 0.0835. The van der Waals surface area contributed by atoms with Gasteiger partial charge in [-0.15, -0.1) is 0 Å². The van der Waals surface area contributed by atoms with Crippen LogP contribution in [0.25, 0.3) is 5.57 Å². The number of carbonyl (C=O) groups is 2. The molecule has 0 saturated heterocycles. The molecule has 162 valence electrons. The molecule has 8 nitrogen and oxygen atoms in total. The predicted octanol–water partition coefficient (Wildman–Crippen LogP) is 3.99. The second kappa shape index (κ2) is 10.5. The molecular formula is C23H25N3O5. The van der Waals surface area contributed by atoms with Crippen molar-refractivity contribution in [3.8, 4) is 0 Å². The van der Waals surface area contributed by atoms with Crippen LogP contribution < -0.4 is 5.32 Å². The number of ether oxygens (including phenoxy) is 1. The van der Waals surface area contributed by atoms with Gasteiger partial charge in [0.15, 0.2) is 0 Å². The molecule has 0 unspecified atom stereocenters. The van der Waals surface area contributed by atoms with Gasteiger partial charge in [0, 0.05) is 37.6 Å². The molecule has 0 saturated carbocycles. The Morgan fingerprint density at radius 2 is 1.65 bits per heavy atom. The third kappa shape index (κ3) is 5.35. The lowest BCUT2D eigenvalue weighted by atomic mass is 10.0. The Balaban J connectivity index is 1.83. The molecule has 0 bridgehead atoms. The van der Waals surface area contributed by atoms with Crippen molar-refractivity contribution in [3.63, 3.8) is 0 Å².